The van der Waals surface area contributed by atoms with Crippen molar-refractivity contribution in [2.24, 2.45) is 0 Å². The van der Waals surface area contributed by atoms with Gasteiger partial charge in [-0.15, -0.1) is 0 Å². The van der Waals surface area contributed by atoms with E-state index in [9.17, 15) is 9.59 Å². The van der Waals surface area contributed by atoms with Crippen molar-refractivity contribution in [2.45, 2.75) is 0 Å². The number of ketones is 2. The van der Waals surface area contributed by atoms with Crippen LogP contribution >= 0.6 is 22.6 Å². The normalized spacial score (nSPS) is 9.40. The molecule has 8 aromatic carbocycles. The second-order valence-corrected chi connectivity index (χ2v) is 18.3. The standard InChI is InChI=1S/2C17H18O5.C12H10I.C6H5I.C6H6.2CH3/c2*1-19-13-7-5-11(9-15(13)21-3)17(18)12-6-8-14(20-2)16(10-12)22-4;1-3-7-11(8-4-1)13-12-9-5-2-6-10-12;7-6-4-2-1-3-5-6;1-2-4-6-5-3-1;;/h2*5-10H,1-4H3;1-10H;1-5H;1-6H;2*1H3/q;;+1;;;2*-1. The van der Waals surface area contributed by atoms with Gasteiger partial charge >= 0.3 is 21.2 Å². The zero-order chi connectivity index (χ0) is 50.5. The van der Waals surface area contributed by atoms with Gasteiger partial charge in [-0.25, -0.2) is 0 Å². The van der Waals surface area contributed by atoms with Gasteiger partial charge in [-0.05, 0) is 132 Å². The number of hydrogen-bond donors (Lipinski definition) is 0. The smallest absolute Gasteiger partial charge is 0.357 e. The Labute approximate surface area is 450 Å². The molecule has 0 aliphatic carbocycles. The Morgan fingerprint density at radius 2 is 0.514 bits per heavy atom. The van der Waals surface area contributed by atoms with Crippen LogP contribution in [0.2, 0.25) is 0 Å². The minimum Gasteiger partial charge on any atom is -0.493 e. The maximum Gasteiger partial charge on any atom is 0.357 e. The molecule has 0 atom stereocenters. The van der Waals surface area contributed by atoms with Crippen molar-refractivity contribution in [1.82, 2.24) is 0 Å². The highest BCUT2D eigenvalue weighted by Crippen LogP contribution is 2.33. The van der Waals surface area contributed by atoms with Gasteiger partial charge in [0.15, 0.2) is 64.7 Å². The number of carbonyl (C=O) groups excluding carboxylic acids is 2. The van der Waals surface area contributed by atoms with Gasteiger partial charge in [0.25, 0.3) is 0 Å². The lowest BCUT2D eigenvalue weighted by atomic mass is 10.0. The molecule has 0 spiro atoms. The van der Waals surface area contributed by atoms with Gasteiger partial charge in [-0.2, -0.15) is 0 Å². The first-order chi connectivity index (χ1) is 34.1. The van der Waals surface area contributed by atoms with Crippen LogP contribution in [0.25, 0.3) is 0 Å². The van der Waals surface area contributed by atoms with Crippen molar-refractivity contribution in [3.8, 4) is 46.0 Å². The maximum atomic E-state index is 12.6. The summed E-state index contributed by atoms with van der Waals surface area (Å²) >= 11 is 2.31. The van der Waals surface area contributed by atoms with Crippen LogP contribution in [-0.2, 0) is 0 Å². The molecule has 0 saturated heterocycles. The number of benzene rings is 8. The third-order valence-electron chi connectivity index (χ3n) is 9.67. The van der Waals surface area contributed by atoms with E-state index in [4.69, 9.17) is 37.9 Å². The van der Waals surface area contributed by atoms with Crippen LogP contribution in [0.5, 0.6) is 46.0 Å². The van der Waals surface area contributed by atoms with Crippen molar-refractivity contribution in [1.29, 1.82) is 0 Å². The SMILES string of the molecule is COc1ccc(C(=O)c2ccc(OC)c(OC)c2)cc1OC.COc1ccc(C(=O)c2ccc(OC)c(OC)c2)cc1OC.Ic1ccccc1.[CH3-].[CH3-].c1ccc([I+]c2ccccc2)cc1.c1ccccc1. The molecule has 0 N–H and O–H groups in total. The summed E-state index contributed by atoms with van der Waals surface area (Å²) in [7, 11) is 12.3. The Kier molecular flexibility index (Phi) is 29.1. The minimum atomic E-state index is -0.137. The van der Waals surface area contributed by atoms with E-state index in [0.29, 0.717) is 68.2 Å². The van der Waals surface area contributed by atoms with Crippen LogP contribution in [-0.4, -0.2) is 68.4 Å². The molecule has 0 aromatic heterocycles. The van der Waals surface area contributed by atoms with Crippen LogP contribution in [0.3, 0.4) is 0 Å². The second-order valence-electron chi connectivity index (χ2n) is 14.1. The van der Waals surface area contributed by atoms with Crippen LogP contribution in [0, 0.1) is 25.6 Å². The van der Waals surface area contributed by atoms with Gasteiger partial charge in [0.1, 0.15) is 0 Å². The monoisotopic (exact) mass is 1200 g/mol. The van der Waals surface area contributed by atoms with Crippen LogP contribution in [0.1, 0.15) is 31.8 Å². The van der Waals surface area contributed by atoms with Crippen LogP contribution in [0.4, 0.5) is 0 Å². The summed E-state index contributed by atoms with van der Waals surface area (Å²) in [6.07, 6.45) is 0. The first-order valence-corrected chi connectivity index (χ1v) is 24.8. The van der Waals surface area contributed by atoms with Crippen molar-refractivity contribution >= 4 is 34.2 Å². The number of methoxy groups -OCH3 is 8. The minimum absolute atomic E-state index is 0. The lowest BCUT2D eigenvalue weighted by Gasteiger charge is -2.11. The van der Waals surface area contributed by atoms with Gasteiger partial charge < -0.3 is 52.7 Å². The predicted molar refractivity (Wildman–Crippen MR) is 294 cm³/mol. The van der Waals surface area contributed by atoms with Gasteiger partial charge in [0.05, 0.1) is 56.9 Å². The summed E-state index contributed by atoms with van der Waals surface area (Å²) < 4.78 is 45.8. The molecule has 0 unspecified atom stereocenters. The number of hydrogen-bond acceptors (Lipinski definition) is 10. The molecule has 8 aromatic rings. The van der Waals surface area contributed by atoms with E-state index in [0.717, 1.165) is 0 Å². The second kappa shape index (κ2) is 34.3. The molecule has 0 heterocycles. The van der Waals surface area contributed by atoms with Crippen LogP contribution < -0.4 is 59.1 Å². The molecule has 8 rings (SSSR count). The fraction of sp³-hybridized carbons (Fsp3) is 0.133. The van der Waals surface area contributed by atoms with Gasteiger partial charge in [0.2, 0.25) is 0 Å². The number of halogens is 2. The van der Waals surface area contributed by atoms with E-state index in [1.807, 2.05) is 54.6 Å². The molecule has 0 bridgehead atoms. The molecule has 0 fully saturated rings. The molecular formula is C60H63I2O10-. The molecule has 0 aliphatic heterocycles. The molecule has 72 heavy (non-hydrogen) atoms. The molecule has 0 radical (unpaired) electrons. The molecule has 0 amide bonds. The zero-order valence-corrected chi connectivity index (χ0v) is 46.7. The largest absolute Gasteiger partial charge is 0.493 e. The van der Waals surface area contributed by atoms with Crippen molar-refractivity contribution in [3.05, 3.63) is 248 Å². The summed E-state index contributed by atoms with van der Waals surface area (Å²) in [5.74, 6) is 4.06. The predicted octanol–water partition coefficient (Wildman–Crippen LogP) is 10.6. The maximum absolute atomic E-state index is 12.6. The summed E-state index contributed by atoms with van der Waals surface area (Å²) in [5.41, 5.74) is 2.02. The third-order valence-corrected chi connectivity index (χ3v) is 13.1. The Hall–Kier alpha value is -7.04. The van der Waals surface area contributed by atoms with Gasteiger partial charge in [-0.1, -0.05) is 91.0 Å². The Morgan fingerprint density at radius 3 is 0.708 bits per heavy atom. The average Bonchev–Trinajstić information content (AvgIpc) is 3.43. The van der Waals surface area contributed by atoms with E-state index in [-0.39, 0.29) is 47.6 Å². The highest BCUT2D eigenvalue weighted by atomic mass is 127. The molecule has 0 aliphatic rings. The first kappa shape index (κ1) is 61.1. The summed E-state index contributed by atoms with van der Waals surface area (Å²) in [6, 6.07) is 63.8. The molecule has 0 saturated carbocycles. The van der Waals surface area contributed by atoms with E-state index in [2.05, 4.69) is 95.4 Å². The number of rotatable bonds is 14. The van der Waals surface area contributed by atoms with Gasteiger partial charge in [0, 0.05) is 25.8 Å². The Bertz CT molecular complexity index is 2480. The molecular weight excluding hydrogens is 1130 g/mol. The highest BCUT2D eigenvalue weighted by molar-refractivity contribution is 14.1. The Morgan fingerprint density at radius 1 is 0.306 bits per heavy atom. The third kappa shape index (κ3) is 19.6. The number of ether oxygens (including phenoxy) is 8. The quantitative estimate of drug-likeness (QED) is 0.0593. The lowest BCUT2D eigenvalue weighted by molar-refractivity contribution is -0.597. The van der Waals surface area contributed by atoms with E-state index in [1.165, 1.54) is 39.1 Å². The zero-order valence-electron chi connectivity index (χ0n) is 42.4. The van der Waals surface area contributed by atoms with Gasteiger partial charge in [-0.3, -0.25) is 9.59 Å². The summed E-state index contributed by atoms with van der Waals surface area (Å²) in [5, 5.41) is 0. The van der Waals surface area contributed by atoms with Crippen LogP contribution in [0.15, 0.2) is 200 Å². The summed E-state index contributed by atoms with van der Waals surface area (Å²) in [4.78, 5) is 25.2. The van der Waals surface area contributed by atoms with E-state index < -0.39 is 0 Å². The van der Waals surface area contributed by atoms with Crippen molar-refractivity contribution in [3.63, 3.8) is 0 Å². The lowest BCUT2D eigenvalue weighted by Crippen LogP contribution is -3.61. The van der Waals surface area contributed by atoms with Crippen molar-refractivity contribution < 1.29 is 68.7 Å². The Balaban J connectivity index is 0.000000330. The highest BCUT2D eigenvalue weighted by Gasteiger charge is 2.17. The van der Waals surface area contributed by atoms with E-state index >= 15 is 0 Å². The first-order valence-electron chi connectivity index (χ1n) is 21.6. The number of carbonyl (C=O) groups is 2. The fourth-order valence-corrected chi connectivity index (χ4v) is 8.81. The van der Waals surface area contributed by atoms with Crippen molar-refractivity contribution in [2.75, 3.05) is 56.9 Å². The molecule has 12 heteroatoms. The van der Waals surface area contributed by atoms with E-state index in [1.54, 1.807) is 101 Å². The molecule has 378 valence electrons. The topological polar surface area (TPSA) is 108 Å². The fourth-order valence-electron chi connectivity index (χ4n) is 6.12. The summed E-state index contributed by atoms with van der Waals surface area (Å²) in [6.45, 7) is 0. The molecule has 10 nitrogen and oxygen atoms in total. The average molecular weight is 1200 g/mol.